The maximum Gasteiger partial charge on any atom is 0.262 e. The number of hydrogen-bond acceptors (Lipinski definition) is 5. The average Bonchev–Trinajstić information content (AvgIpc) is 2.86. The summed E-state index contributed by atoms with van der Waals surface area (Å²) in [4.78, 5) is 31.1. The number of aliphatic hydroxyl groups is 1. The van der Waals surface area contributed by atoms with Gasteiger partial charge in [0.15, 0.2) is 4.77 Å². The first-order chi connectivity index (χ1) is 16.5. The molecule has 0 radical (unpaired) electrons. The van der Waals surface area contributed by atoms with Crippen molar-refractivity contribution in [3.05, 3.63) is 105 Å². The van der Waals surface area contributed by atoms with E-state index in [9.17, 15) is 14.7 Å². The summed E-state index contributed by atoms with van der Waals surface area (Å²) < 4.78 is 7.12. The first-order valence-corrected chi connectivity index (χ1v) is 11.3. The van der Waals surface area contributed by atoms with Crippen LogP contribution in [0.1, 0.15) is 21.5 Å². The largest absolute Gasteiger partial charge is 0.496 e. The van der Waals surface area contributed by atoms with Crippen LogP contribution in [0.25, 0.3) is 10.9 Å². The summed E-state index contributed by atoms with van der Waals surface area (Å²) in [6, 6.07) is 21.9. The normalized spacial score (nSPS) is 10.9. The second-order valence-electron chi connectivity index (χ2n) is 7.83. The van der Waals surface area contributed by atoms with Gasteiger partial charge in [0.05, 0.1) is 31.2 Å². The monoisotopic (exact) mass is 475 g/mol. The third-order valence-corrected chi connectivity index (χ3v) is 5.95. The van der Waals surface area contributed by atoms with Crippen LogP contribution in [0.3, 0.4) is 0 Å². The summed E-state index contributed by atoms with van der Waals surface area (Å²) in [5.74, 6) is 0.435. The van der Waals surface area contributed by atoms with Crippen molar-refractivity contribution in [3.63, 3.8) is 0 Å². The molecule has 1 heterocycles. The summed E-state index contributed by atoms with van der Waals surface area (Å²) in [6.07, 6.45) is 0. The first kappa shape index (κ1) is 23.4. The summed E-state index contributed by atoms with van der Waals surface area (Å²) in [7, 11) is 1.58. The van der Waals surface area contributed by atoms with Crippen LogP contribution in [0.4, 0.5) is 0 Å². The lowest BCUT2D eigenvalue weighted by atomic mass is 10.1. The number of nitrogens with zero attached hydrogens (tertiary/aromatic N) is 2. The van der Waals surface area contributed by atoms with Crippen molar-refractivity contribution >= 4 is 29.0 Å². The number of carbonyl (C=O) groups is 1. The van der Waals surface area contributed by atoms with Gasteiger partial charge in [0.25, 0.3) is 11.5 Å². The van der Waals surface area contributed by atoms with E-state index >= 15 is 0 Å². The van der Waals surface area contributed by atoms with E-state index in [-0.39, 0.29) is 35.9 Å². The summed E-state index contributed by atoms with van der Waals surface area (Å²) >= 11 is 5.47. The molecule has 3 aromatic carbocycles. The van der Waals surface area contributed by atoms with Crippen molar-refractivity contribution in [2.75, 3.05) is 20.3 Å². The van der Waals surface area contributed by atoms with Gasteiger partial charge in [-0.15, -0.1) is 0 Å². The highest BCUT2D eigenvalue weighted by molar-refractivity contribution is 7.71. The van der Waals surface area contributed by atoms with E-state index in [0.717, 1.165) is 11.1 Å². The minimum atomic E-state index is -0.250. The molecule has 0 saturated carbocycles. The molecular weight excluding hydrogens is 450 g/mol. The molecule has 2 N–H and O–H groups in total. The van der Waals surface area contributed by atoms with Crippen LogP contribution in [-0.2, 0) is 13.1 Å². The number of fused-ring (bicyclic) bond motifs is 1. The van der Waals surface area contributed by atoms with Crippen LogP contribution in [-0.4, -0.2) is 45.7 Å². The van der Waals surface area contributed by atoms with Gasteiger partial charge < -0.3 is 19.7 Å². The molecule has 1 aromatic heterocycles. The number of aliphatic hydroxyl groups excluding tert-OH is 1. The maximum absolute atomic E-state index is 13.2. The number of rotatable bonds is 8. The van der Waals surface area contributed by atoms with Crippen molar-refractivity contribution in [3.8, 4) is 5.75 Å². The topological polar surface area (TPSA) is 87.6 Å². The van der Waals surface area contributed by atoms with Crippen molar-refractivity contribution in [1.82, 2.24) is 14.5 Å². The van der Waals surface area contributed by atoms with Crippen LogP contribution in [0.2, 0.25) is 0 Å². The number of amides is 1. The molecule has 4 aromatic rings. The zero-order valence-corrected chi connectivity index (χ0v) is 19.5. The number of ether oxygens (including phenoxy) is 1. The fourth-order valence-electron chi connectivity index (χ4n) is 3.89. The SMILES string of the molecule is COc1ccccc1Cn1c(=S)[nH]c2cc(C(=O)N(CCO)Cc3ccccc3)ccc2c1=O. The van der Waals surface area contributed by atoms with Gasteiger partial charge in [-0.25, -0.2) is 0 Å². The molecule has 0 unspecified atom stereocenters. The second kappa shape index (κ2) is 10.5. The van der Waals surface area contributed by atoms with E-state index in [0.29, 0.717) is 28.8 Å². The third-order valence-electron chi connectivity index (χ3n) is 5.62. The summed E-state index contributed by atoms with van der Waals surface area (Å²) in [5.41, 5.74) is 2.44. The smallest absolute Gasteiger partial charge is 0.262 e. The van der Waals surface area contributed by atoms with Gasteiger partial charge in [0.1, 0.15) is 5.75 Å². The molecule has 0 fully saturated rings. The third kappa shape index (κ3) is 4.93. The van der Waals surface area contributed by atoms with Gasteiger partial charge in [-0.05, 0) is 42.0 Å². The van der Waals surface area contributed by atoms with Crippen LogP contribution < -0.4 is 10.3 Å². The van der Waals surface area contributed by atoms with Gasteiger partial charge in [-0.3, -0.25) is 14.2 Å². The Kier molecular flexibility index (Phi) is 7.20. The standard InChI is InChI=1S/C26H25N3O4S/c1-33-23-10-6-5-9-20(23)17-29-25(32)21-12-11-19(15-22(21)27-26(29)34)24(31)28(13-14-30)16-18-7-3-2-4-8-18/h2-12,15,30H,13-14,16-17H2,1H3,(H,27,34). The molecule has 0 bridgehead atoms. The summed E-state index contributed by atoms with van der Waals surface area (Å²) in [5, 5.41) is 9.90. The minimum Gasteiger partial charge on any atom is -0.496 e. The number of benzene rings is 3. The Morgan fingerprint density at radius 2 is 1.82 bits per heavy atom. The Balaban J connectivity index is 1.67. The fraction of sp³-hybridized carbons (Fsp3) is 0.192. The van der Waals surface area contributed by atoms with Crippen molar-refractivity contribution in [1.29, 1.82) is 0 Å². The Morgan fingerprint density at radius 3 is 2.56 bits per heavy atom. The maximum atomic E-state index is 13.2. The molecule has 0 aliphatic carbocycles. The number of aromatic amines is 1. The molecular formula is C26H25N3O4S. The Bertz CT molecular complexity index is 1430. The zero-order chi connectivity index (χ0) is 24.1. The predicted octanol–water partition coefficient (Wildman–Crippen LogP) is 3.75. The molecule has 8 heteroatoms. The van der Waals surface area contributed by atoms with E-state index in [2.05, 4.69) is 4.98 Å². The number of hydrogen-bond donors (Lipinski definition) is 2. The number of para-hydroxylation sites is 1. The summed E-state index contributed by atoms with van der Waals surface area (Å²) in [6.45, 7) is 0.676. The lowest BCUT2D eigenvalue weighted by Crippen LogP contribution is -2.33. The van der Waals surface area contributed by atoms with Gasteiger partial charge in [-0.2, -0.15) is 0 Å². The number of carbonyl (C=O) groups excluding carboxylic acids is 1. The molecule has 0 aliphatic rings. The molecule has 4 rings (SSSR count). The second-order valence-corrected chi connectivity index (χ2v) is 8.22. The molecule has 1 amide bonds. The van der Waals surface area contributed by atoms with Crippen LogP contribution >= 0.6 is 12.2 Å². The molecule has 174 valence electrons. The van der Waals surface area contributed by atoms with Crippen molar-refractivity contribution in [2.45, 2.75) is 13.1 Å². The van der Waals surface area contributed by atoms with E-state index in [1.165, 1.54) is 4.57 Å². The zero-order valence-electron chi connectivity index (χ0n) is 18.7. The van der Waals surface area contributed by atoms with Crippen molar-refractivity contribution < 1.29 is 14.6 Å². The van der Waals surface area contributed by atoms with Crippen LogP contribution in [0.5, 0.6) is 5.75 Å². The quantitative estimate of drug-likeness (QED) is 0.379. The number of nitrogens with one attached hydrogen (secondary N) is 1. The van der Waals surface area contributed by atoms with Gasteiger partial charge >= 0.3 is 0 Å². The van der Waals surface area contributed by atoms with E-state index in [1.807, 2.05) is 54.6 Å². The van der Waals surface area contributed by atoms with E-state index in [4.69, 9.17) is 17.0 Å². The Morgan fingerprint density at radius 1 is 1.09 bits per heavy atom. The molecule has 0 saturated heterocycles. The van der Waals surface area contributed by atoms with Crippen molar-refractivity contribution in [2.24, 2.45) is 0 Å². The van der Waals surface area contributed by atoms with Crippen LogP contribution in [0, 0.1) is 4.77 Å². The lowest BCUT2D eigenvalue weighted by Gasteiger charge is -2.22. The number of H-pyrrole nitrogens is 1. The molecule has 0 spiro atoms. The minimum absolute atomic E-state index is 0.151. The molecule has 34 heavy (non-hydrogen) atoms. The Labute approximate surface area is 201 Å². The molecule has 7 nitrogen and oxygen atoms in total. The van der Waals surface area contributed by atoms with Gasteiger partial charge in [0, 0.05) is 24.2 Å². The van der Waals surface area contributed by atoms with Gasteiger partial charge in [0.2, 0.25) is 0 Å². The average molecular weight is 476 g/mol. The highest BCUT2D eigenvalue weighted by Crippen LogP contribution is 2.19. The fourth-order valence-corrected chi connectivity index (χ4v) is 4.15. The molecule has 0 aliphatic heterocycles. The Hall–Kier alpha value is -3.75. The first-order valence-electron chi connectivity index (χ1n) is 10.8. The van der Waals surface area contributed by atoms with Gasteiger partial charge in [-0.1, -0.05) is 48.5 Å². The molecule has 0 atom stereocenters. The number of methoxy groups -OCH3 is 1. The van der Waals surface area contributed by atoms with E-state index < -0.39 is 0 Å². The predicted molar refractivity (Wildman–Crippen MR) is 134 cm³/mol. The van der Waals surface area contributed by atoms with E-state index in [1.54, 1.807) is 30.2 Å². The van der Waals surface area contributed by atoms with Crippen LogP contribution in [0.15, 0.2) is 77.6 Å². The highest BCUT2D eigenvalue weighted by Gasteiger charge is 2.17. The highest BCUT2D eigenvalue weighted by atomic mass is 32.1. The lowest BCUT2D eigenvalue weighted by molar-refractivity contribution is 0.0708. The number of aromatic nitrogens is 2.